The maximum absolute atomic E-state index is 10.6. The zero-order valence-corrected chi connectivity index (χ0v) is 16.0. The van der Waals surface area contributed by atoms with E-state index in [0.29, 0.717) is 24.7 Å². The maximum atomic E-state index is 10.6. The predicted molar refractivity (Wildman–Crippen MR) is 102 cm³/mol. The first-order valence-corrected chi connectivity index (χ1v) is 10.3. The highest BCUT2D eigenvalue weighted by Gasteiger charge is 2.46. The molecular weight excluding hydrogens is 328 g/mol. The van der Waals surface area contributed by atoms with Gasteiger partial charge in [0.25, 0.3) is 0 Å². The van der Waals surface area contributed by atoms with Crippen LogP contribution in [0, 0.1) is 29.6 Å². The van der Waals surface area contributed by atoms with Crippen LogP contribution in [0.1, 0.15) is 77.6 Å². The number of unbranched alkanes of at least 4 members (excludes halogenated alkanes) is 4. The third kappa shape index (κ3) is 6.14. The molecule has 0 heterocycles. The van der Waals surface area contributed by atoms with Crippen molar-refractivity contribution in [3.8, 4) is 11.8 Å². The van der Waals surface area contributed by atoms with Gasteiger partial charge < -0.3 is 15.3 Å². The first-order valence-electron chi connectivity index (χ1n) is 10.3. The Morgan fingerprint density at radius 1 is 1.27 bits per heavy atom. The number of aliphatic hydroxyl groups is 2. The lowest BCUT2D eigenvalue weighted by atomic mass is 9.57. The molecule has 0 aromatic heterocycles. The van der Waals surface area contributed by atoms with E-state index in [9.17, 15) is 15.0 Å². The van der Waals surface area contributed by atoms with Crippen molar-refractivity contribution in [2.75, 3.05) is 0 Å². The zero-order chi connectivity index (χ0) is 18.9. The molecular formula is C22H34O4. The average molecular weight is 363 g/mol. The van der Waals surface area contributed by atoms with E-state index in [2.05, 4.69) is 24.8 Å². The molecule has 4 nitrogen and oxygen atoms in total. The van der Waals surface area contributed by atoms with Gasteiger partial charge in [-0.15, -0.1) is 0 Å². The minimum Gasteiger partial charge on any atom is -0.481 e. The molecule has 0 radical (unpaired) electrons. The number of allylic oxidation sites excluding steroid dienone is 2. The quantitative estimate of drug-likeness (QED) is 0.330. The lowest BCUT2D eigenvalue weighted by molar-refractivity contribution is -0.136. The Bertz CT molecular complexity index is 542. The summed E-state index contributed by atoms with van der Waals surface area (Å²) >= 11 is 0. The highest BCUT2D eigenvalue weighted by atomic mass is 16.4. The maximum Gasteiger partial charge on any atom is 0.303 e. The van der Waals surface area contributed by atoms with Crippen molar-refractivity contribution in [1.29, 1.82) is 0 Å². The standard InChI is InChI=1S/C22H34O4/c1-2-3-4-5-6-9-17(23)11-12-19-20-15-16(8-7-10-22(25)26)18(20)13-14-21(19)24/h8,17-21,23-24H,2-7,9-10,13-15H2,1H3,(H,25,26)/b16-8-/t17?,18-,19-,20+,21-/m1/s1. The van der Waals surface area contributed by atoms with Crippen molar-refractivity contribution >= 4 is 5.97 Å². The Balaban J connectivity index is 1.81. The molecule has 4 heteroatoms. The molecule has 0 amide bonds. The summed E-state index contributed by atoms with van der Waals surface area (Å²) in [6, 6.07) is 0. The van der Waals surface area contributed by atoms with E-state index in [4.69, 9.17) is 5.11 Å². The third-order valence-electron chi connectivity index (χ3n) is 5.88. The molecule has 0 bridgehead atoms. The van der Waals surface area contributed by atoms with Crippen LogP contribution >= 0.6 is 0 Å². The van der Waals surface area contributed by atoms with Gasteiger partial charge in [-0.2, -0.15) is 0 Å². The van der Waals surface area contributed by atoms with E-state index in [1.54, 1.807) is 0 Å². The van der Waals surface area contributed by atoms with Crippen molar-refractivity contribution in [2.24, 2.45) is 17.8 Å². The molecule has 3 N–H and O–H groups in total. The van der Waals surface area contributed by atoms with Crippen LogP contribution in [0.3, 0.4) is 0 Å². The molecule has 2 rings (SSSR count). The number of aliphatic hydroxyl groups excluding tert-OH is 2. The Morgan fingerprint density at radius 2 is 2.04 bits per heavy atom. The van der Waals surface area contributed by atoms with Crippen LogP contribution in [-0.2, 0) is 4.79 Å². The highest BCUT2D eigenvalue weighted by Crippen LogP contribution is 2.51. The molecule has 5 atom stereocenters. The second-order valence-corrected chi connectivity index (χ2v) is 7.86. The van der Waals surface area contributed by atoms with E-state index in [0.717, 1.165) is 32.1 Å². The lowest BCUT2D eigenvalue weighted by Crippen LogP contribution is -2.44. The summed E-state index contributed by atoms with van der Waals surface area (Å²) in [4.78, 5) is 10.6. The normalized spacial score (nSPS) is 30.0. The predicted octanol–water partition coefficient (Wildman–Crippen LogP) is 3.91. The van der Waals surface area contributed by atoms with Gasteiger partial charge in [0.2, 0.25) is 0 Å². The summed E-state index contributed by atoms with van der Waals surface area (Å²) in [5, 5.41) is 29.2. The average Bonchev–Trinajstić information content (AvgIpc) is 2.58. The Hall–Kier alpha value is -1.31. The fraction of sp³-hybridized carbons (Fsp3) is 0.773. The molecule has 2 fully saturated rings. The molecule has 0 aliphatic heterocycles. The fourth-order valence-electron chi connectivity index (χ4n) is 4.30. The molecule has 146 valence electrons. The highest BCUT2D eigenvalue weighted by molar-refractivity contribution is 5.66. The van der Waals surface area contributed by atoms with Crippen molar-refractivity contribution in [3.63, 3.8) is 0 Å². The molecule has 26 heavy (non-hydrogen) atoms. The number of carboxylic acids is 1. The minimum absolute atomic E-state index is 0.0554. The van der Waals surface area contributed by atoms with Crippen molar-refractivity contribution in [2.45, 2.75) is 89.8 Å². The van der Waals surface area contributed by atoms with E-state index in [1.165, 1.54) is 24.8 Å². The van der Waals surface area contributed by atoms with Crippen LogP contribution in [0.2, 0.25) is 0 Å². The number of carboxylic acid groups (broad SMARTS) is 1. The number of rotatable bonds is 9. The summed E-state index contributed by atoms with van der Waals surface area (Å²) < 4.78 is 0. The molecule has 1 unspecified atom stereocenters. The van der Waals surface area contributed by atoms with E-state index >= 15 is 0 Å². The van der Waals surface area contributed by atoms with E-state index in [-0.39, 0.29) is 12.3 Å². The van der Waals surface area contributed by atoms with Gasteiger partial charge >= 0.3 is 5.97 Å². The molecule has 2 saturated carbocycles. The molecule has 0 saturated heterocycles. The molecule has 2 aliphatic carbocycles. The van der Waals surface area contributed by atoms with Gasteiger partial charge in [-0.3, -0.25) is 4.79 Å². The first-order chi connectivity index (χ1) is 12.5. The monoisotopic (exact) mass is 362 g/mol. The van der Waals surface area contributed by atoms with Crippen molar-refractivity contribution in [3.05, 3.63) is 11.6 Å². The Kier molecular flexibility index (Phi) is 8.68. The van der Waals surface area contributed by atoms with Crippen LogP contribution in [0.25, 0.3) is 0 Å². The van der Waals surface area contributed by atoms with Gasteiger partial charge in [0.1, 0.15) is 6.10 Å². The van der Waals surface area contributed by atoms with E-state index < -0.39 is 18.2 Å². The van der Waals surface area contributed by atoms with Crippen LogP contribution in [-0.4, -0.2) is 33.5 Å². The van der Waals surface area contributed by atoms with E-state index in [1.807, 2.05) is 0 Å². The van der Waals surface area contributed by atoms with Gasteiger partial charge in [0.15, 0.2) is 0 Å². The second kappa shape index (κ2) is 10.7. The van der Waals surface area contributed by atoms with Crippen LogP contribution < -0.4 is 0 Å². The number of carbonyl (C=O) groups is 1. The molecule has 0 aromatic carbocycles. The summed E-state index contributed by atoms with van der Waals surface area (Å²) in [6.45, 7) is 2.19. The van der Waals surface area contributed by atoms with Gasteiger partial charge in [-0.05, 0) is 50.4 Å². The fourth-order valence-corrected chi connectivity index (χ4v) is 4.30. The van der Waals surface area contributed by atoms with Crippen LogP contribution in [0.4, 0.5) is 0 Å². The van der Waals surface area contributed by atoms with Gasteiger partial charge in [-0.1, -0.05) is 56.1 Å². The summed E-state index contributed by atoms with van der Waals surface area (Å²) in [5.74, 6) is 6.15. The molecule has 0 spiro atoms. The third-order valence-corrected chi connectivity index (χ3v) is 5.88. The lowest BCUT2D eigenvalue weighted by Gasteiger charge is -2.48. The van der Waals surface area contributed by atoms with Gasteiger partial charge in [-0.25, -0.2) is 0 Å². The number of hydrogen-bond donors (Lipinski definition) is 3. The first kappa shape index (κ1) is 21.0. The zero-order valence-electron chi connectivity index (χ0n) is 16.0. The number of hydrogen-bond acceptors (Lipinski definition) is 3. The Labute approximate surface area is 157 Å². The topological polar surface area (TPSA) is 77.8 Å². The summed E-state index contributed by atoms with van der Waals surface area (Å²) in [7, 11) is 0. The largest absolute Gasteiger partial charge is 0.481 e. The second-order valence-electron chi connectivity index (χ2n) is 7.86. The van der Waals surface area contributed by atoms with Crippen LogP contribution in [0.15, 0.2) is 11.6 Å². The summed E-state index contributed by atoms with van der Waals surface area (Å²) in [6.07, 6.45) is 11.0. The SMILES string of the molecule is CCCCCCCC(O)C#C[C@@H]1[C@H]2C/C(=C/CCC(=O)O)[C@H]2CC[C@H]1O. The number of aliphatic carboxylic acids is 1. The summed E-state index contributed by atoms with van der Waals surface area (Å²) in [5.41, 5.74) is 1.34. The van der Waals surface area contributed by atoms with Crippen molar-refractivity contribution in [1.82, 2.24) is 0 Å². The van der Waals surface area contributed by atoms with Gasteiger partial charge in [0, 0.05) is 6.42 Å². The number of fused-ring (bicyclic) bond motifs is 1. The molecule has 2 aliphatic rings. The minimum atomic E-state index is -0.760. The molecule has 0 aromatic rings. The van der Waals surface area contributed by atoms with Gasteiger partial charge in [0.05, 0.1) is 12.0 Å². The van der Waals surface area contributed by atoms with Crippen molar-refractivity contribution < 1.29 is 20.1 Å². The Morgan fingerprint density at radius 3 is 2.77 bits per heavy atom. The smallest absolute Gasteiger partial charge is 0.303 e. The van der Waals surface area contributed by atoms with Crippen LogP contribution in [0.5, 0.6) is 0 Å².